The minimum absolute atomic E-state index is 0.0666. The fourth-order valence-corrected chi connectivity index (χ4v) is 3.26. The number of carbonyl (C=O) groups excluding carboxylic acids is 3. The Balaban J connectivity index is 2.08. The summed E-state index contributed by atoms with van der Waals surface area (Å²) in [6, 6.07) is -5.16. The number of carboxylic acids is 2. The maximum atomic E-state index is 12.9. The molecule has 0 saturated carbocycles. The summed E-state index contributed by atoms with van der Waals surface area (Å²) in [4.78, 5) is 74.4. The van der Waals surface area contributed by atoms with Gasteiger partial charge >= 0.3 is 11.9 Å². The lowest BCUT2D eigenvalue weighted by Crippen LogP contribution is -2.59. The third kappa shape index (κ3) is 8.50. The fraction of sp³-hybridized carbons (Fsp3) is 0.476. The van der Waals surface area contributed by atoms with Crippen LogP contribution in [0.5, 0.6) is 0 Å². The number of aliphatic carboxylic acids is 2. The SMILES string of the molecule is CC(C)C(NC(=O)C(CC(=O)O)NC(=O)C(N)Cc1cnc[nH]1)C(=O)NC(Cc1cnc[nH]1)C(=O)O. The number of aromatic amines is 2. The standard InChI is InChI=1S/C21H30N8O7/c1-10(2)17(20(34)28-15(21(35)36)4-12-7-24-9-26-12)29-19(33)14(5-16(30)31)27-18(32)13(22)3-11-6-23-8-25-11/h6-10,13-15,17H,3-5,22H2,1-2H3,(H,23,25)(H,24,26)(H,27,32)(H,28,34)(H,29,33)(H,30,31)(H,35,36). The van der Waals surface area contributed by atoms with Crippen molar-refractivity contribution < 1.29 is 34.2 Å². The lowest BCUT2D eigenvalue weighted by molar-refractivity contribution is -0.143. The van der Waals surface area contributed by atoms with Crippen LogP contribution in [0.4, 0.5) is 0 Å². The molecule has 0 aromatic carbocycles. The van der Waals surface area contributed by atoms with E-state index in [0.29, 0.717) is 11.4 Å². The molecule has 15 heteroatoms. The lowest BCUT2D eigenvalue weighted by atomic mass is 10.0. The van der Waals surface area contributed by atoms with Gasteiger partial charge in [0.1, 0.15) is 18.1 Å². The first kappa shape index (κ1) is 28.0. The van der Waals surface area contributed by atoms with E-state index < -0.39 is 66.2 Å². The van der Waals surface area contributed by atoms with Gasteiger partial charge in [-0.3, -0.25) is 19.2 Å². The second-order valence-corrected chi connectivity index (χ2v) is 8.46. The van der Waals surface area contributed by atoms with Crippen LogP contribution in [0.3, 0.4) is 0 Å². The Hall–Kier alpha value is -4.27. The summed E-state index contributed by atoms with van der Waals surface area (Å²) < 4.78 is 0. The number of nitrogens with one attached hydrogen (secondary N) is 5. The molecule has 0 aliphatic heterocycles. The predicted molar refractivity (Wildman–Crippen MR) is 123 cm³/mol. The number of aromatic nitrogens is 4. The zero-order valence-electron chi connectivity index (χ0n) is 19.7. The molecule has 2 rings (SSSR count). The molecule has 0 fully saturated rings. The van der Waals surface area contributed by atoms with Crippen LogP contribution in [0.25, 0.3) is 0 Å². The largest absolute Gasteiger partial charge is 0.481 e. The molecule has 0 aliphatic carbocycles. The van der Waals surface area contributed by atoms with Crippen molar-refractivity contribution in [1.82, 2.24) is 35.9 Å². The van der Waals surface area contributed by atoms with Crippen molar-refractivity contribution in [3.05, 3.63) is 36.4 Å². The molecule has 2 aromatic rings. The fourth-order valence-electron chi connectivity index (χ4n) is 3.26. The van der Waals surface area contributed by atoms with Gasteiger partial charge in [0, 0.05) is 36.6 Å². The van der Waals surface area contributed by atoms with Gasteiger partial charge in [0.15, 0.2) is 0 Å². The van der Waals surface area contributed by atoms with E-state index in [1.54, 1.807) is 13.8 Å². The van der Waals surface area contributed by atoms with Crippen molar-refractivity contribution in [1.29, 1.82) is 0 Å². The average molecular weight is 507 g/mol. The van der Waals surface area contributed by atoms with Crippen LogP contribution in [0.15, 0.2) is 25.0 Å². The van der Waals surface area contributed by atoms with E-state index in [9.17, 15) is 34.2 Å². The number of carbonyl (C=O) groups is 5. The number of nitrogens with zero attached hydrogens (tertiary/aromatic N) is 2. The van der Waals surface area contributed by atoms with E-state index in [-0.39, 0.29) is 12.8 Å². The van der Waals surface area contributed by atoms with Crippen molar-refractivity contribution in [2.45, 2.75) is 57.3 Å². The maximum Gasteiger partial charge on any atom is 0.326 e. The predicted octanol–water partition coefficient (Wildman–Crippen LogP) is -2.08. The first-order chi connectivity index (χ1) is 17.0. The highest BCUT2D eigenvalue weighted by Gasteiger charge is 2.33. The molecule has 0 bridgehead atoms. The van der Waals surface area contributed by atoms with Crippen molar-refractivity contribution in [3.63, 3.8) is 0 Å². The van der Waals surface area contributed by atoms with E-state index in [4.69, 9.17) is 5.73 Å². The van der Waals surface area contributed by atoms with Gasteiger partial charge in [-0.05, 0) is 5.92 Å². The summed E-state index contributed by atoms with van der Waals surface area (Å²) in [5.74, 6) is -5.67. The number of nitrogens with two attached hydrogens (primary N) is 1. The van der Waals surface area contributed by atoms with Crippen molar-refractivity contribution in [3.8, 4) is 0 Å². The van der Waals surface area contributed by atoms with Crippen molar-refractivity contribution in [2.75, 3.05) is 0 Å². The summed E-state index contributed by atoms with van der Waals surface area (Å²) in [5.41, 5.74) is 6.90. The lowest BCUT2D eigenvalue weighted by Gasteiger charge is -2.26. The number of hydrogen-bond acceptors (Lipinski definition) is 8. The maximum absolute atomic E-state index is 12.9. The molecular weight excluding hydrogens is 476 g/mol. The summed E-state index contributed by atoms with van der Waals surface area (Å²) >= 11 is 0. The van der Waals surface area contributed by atoms with Crippen LogP contribution in [0.1, 0.15) is 31.7 Å². The molecule has 0 saturated heterocycles. The molecule has 0 aliphatic rings. The van der Waals surface area contributed by atoms with Gasteiger partial charge in [0.2, 0.25) is 17.7 Å². The molecule has 4 unspecified atom stereocenters. The topological polar surface area (TPSA) is 245 Å². The zero-order valence-corrected chi connectivity index (χ0v) is 19.7. The second kappa shape index (κ2) is 13.0. The summed E-state index contributed by atoms with van der Waals surface area (Å²) in [7, 11) is 0. The Labute approximate surface area is 205 Å². The number of amides is 3. The number of carboxylic acid groups (broad SMARTS) is 2. The van der Waals surface area contributed by atoms with Crippen molar-refractivity contribution >= 4 is 29.7 Å². The molecular formula is C21H30N8O7. The van der Waals surface area contributed by atoms with Crippen LogP contribution >= 0.6 is 0 Å². The van der Waals surface area contributed by atoms with Crippen LogP contribution in [0, 0.1) is 5.92 Å². The van der Waals surface area contributed by atoms with Gasteiger partial charge in [0.05, 0.1) is 25.1 Å². The van der Waals surface area contributed by atoms with Crippen LogP contribution < -0.4 is 21.7 Å². The van der Waals surface area contributed by atoms with Crippen LogP contribution in [0.2, 0.25) is 0 Å². The molecule has 2 heterocycles. The molecule has 196 valence electrons. The Morgan fingerprint density at radius 3 is 1.89 bits per heavy atom. The molecule has 3 amide bonds. The number of rotatable bonds is 14. The van der Waals surface area contributed by atoms with E-state index >= 15 is 0 Å². The summed E-state index contributed by atoms with van der Waals surface area (Å²) in [6.45, 7) is 3.22. The van der Waals surface area contributed by atoms with Gasteiger partial charge in [-0.15, -0.1) is 0 Å². The molecule has 0 radical (unpaired) electrons. The summed E-state index contributed by atoms with van der Waals surface area (Å²) in [5, 5.41) is 25.8. The molecule has 0 spiro atoms. The summed E-state index contributed by atoms with van der Waals surface area (Å²) in [6.07, 6.45) is 4.88. The third-order valence-corrected chi connectivity index (χ3v) is 5.18. The Bertz CT molecular complexity index is 1040. The first-order valence-corrected chi connectivity index (χ1v) is 11.0. The third-order valence-electron chi connectivity index (χ3n) is 5.18. The van der Waals surface area contributed by atoms with Crippen LogP contribution in [-0.2, 0) is 36.8 Å². The number of imidazole rings is 2. The second-order valence-electron chi connectivity index (χ2n) is 8.46. The highest BCUT2D eigenvalue weighted by atomic mass is 16.4. The quantitative estimate of drug-likeness (QED) is 0.139. The van der Waals surface area contributed by atoms with Gasteiger partial charge < -0.3 is 41.9 Å². The highest BCUT2D eigenvalue weighted by molar-refractivity contribution is 5.95. The Morgan fingerprint density at radius 2 is 1.42 bits per heavy atom. The normalized spacial score (nSPS) is 14.3. The van der Waals surface area contributed by atoms with E-state index in [2.05, 4.69) is 35.9 Å². The number of hydrogen-bond donors (Lipinski definition) is 8. The van der Waals surface area contributed by atoms with Gasteiger partial charge in [-0.2, -0.15) is 0 Å². The molecule has 15 nitrogen and oxygen atoms in total. The molecule has 36 heavy (non-hydrogen) atoms. The monoisotopic (exact) mass is 506 g/mol. The van der Waals surface area contributed by atoms with Crippen LogP contribution in [-0.4, -0.2) is 84.0 Å². The number of H-pyrrole nitrogens is 2. The molecule has 2 aromatic heterocycles. The highest BCUT2D eigenvalue weighted by Crippen LogP contribution is 2.07. The molecule has 4 atom stereocenters. The minimum Gasteiger partial charge on any atom is -0.481 e. The molecule has 9 N–H and O–H groups in total. The average Bonchev–Trinajstić information content (AvgIpc) is 3.49. The van der Waals surface area contributed by atoms with E-state index in [0.717, 1.165) is 0 Å². The van der Waals surface area contributed by atoms with Gasteiger partial charge in [-0.25, -0.2) is 14.8 Å². The minimum atomic E-state index is -1.53. The van der Waals surface area contributed by atoms with Gasteiger partial charge in [0.25, 0.3) is 0 Å². The Morgan fingerprint density at radius 1 is 0.861 bits per heavy atom. The first-order valence-electron chi connectivity index (χ1n) is 11.0. The van der Waals surface area contributed by atoms with E-state index in [1.165, 1.54) is 25.0 Å². The smallest absolute Gasteiger partial charge is 0.326 e. The van der Waals surface area contributed by atoms with E-state index in [1.807, 2.05) is 0 Å². The van der Waals surface area contributed by atoms with Gasteiger partial charge in [-0.1, -0.05) is 13.8 Å². The Kier molecular flexibility index (Phi) is 10.1. The zero-order chi connectivity index (χ0) is 26.8. The van der Waals surface area contributed by atoms with Crippen molar-refractivity contribution in [2.24, 2.45) is 11.7 Å².